The Labute approximate surface area is 128 Å². The summed E-state index contributed by atoms with van der Waals surface area (Å²) in [6.07, 6.45) is -0.0982. The molecule has 0 aliphatic rings. The minimum atomic E-state index is -4.00. The van der Waals surface area contributed by atoms with E-state index in [1.807, 2.05) is 0 Å². The van der Waals surface area contributed by atoms with E-state index in [-0.39, 0.29) is 29.0 Å². The lowest BCUT2D eigenvalue weighted by Crippen LogP contribution is -2.43. The zero-order chi connectivity index (χ0) is 17.1. The van der Waals surface area contributed by atoms with Crippen molar-refractivity contribution in [2.75, 3.05) is 0 Å². The molecular weight excluding hydrogens is 312 g/mol. The lowest BCUT2D eigenvalue weighted by molar-refractivity contribution is -0.385. The van der Waals surface area contributed by atoms with Crippen LogP contribution in [0.25, 0.3) is 0 Å². The maximum atomic E-state index is 12.4. The molecule has 0 aromatic heterocycles. The van der Waals surface area contributed by atoms with Crippen LogP contribution in [-0.2, 0) is 14.8 Å². The number of nitrogens with one attached hydrogen (secondary N) is 1. The molecule has 2 N–H and O–H groups in total. The molecule has 0 saturated carbocycles. The average molecular weight is 330 g/mol. The summed E-state index contributed by atoms with van der Waals surface area (Å²) >= 11 is 0. The van der Waals surface area contributed by atoms with Gasteiger partial charge in [-0.15, -0.1) is 0 Å². The second-order valence-electron chi connectivity index (χ2n) is 5.54. The van der Waals surface area contributed by atoms with E-state index < -0.39 is 26.5 Å². The van der Waals surface area contributed by atoms with Crippen molar-refractivity contribution in [3.8, 4) is 0 Å². The molecule has 0 heterocycles. The van der Waals surface area contributed by atoms with Crippen molar-refractivity contribution in [2.45, 2.75) is 44.0 Å². The fraction of sp³-hybridized carbons (Fsp3) is 0.462. The molecule has 122 valence electrons. The van der Waals surface area contributed by atoms with Gasteiger partial charge in [0, 0.05) is 23.6 Å². The molecular formula is C13H18N2O6S. The van der Waals surface area contributed by atoms with Gasteiger partial charge in [-0.3, -0.25) is 14.9 Å². The Morgan fingerprint density at radius 1 is 1.41 bits per heavy atom. The fourth-order valence-electron chi connectivity index (χ4n) is 1.98. The number of nitro benzene ring substituents is 1. The Bertz CT molecular complexity index is 696. The van der Waals surface area contributed by atoms with Crippen LogP contribution in [0.4, 0.5) is 5.69 Å². The third-order valence-corrected chi connectivity index (χ3v) is 4.96. The van der Waals surface area contributed by atoms with Crippen molar-refractivity contribution in [2.24, 2.45) is 0 Å². The molecule has 0 bridgehead atoms. The van der Waals surface area contributed by atoms with Crippen molar-refractivity contribution in [3.05, 3.63) is 33.9 Å². The van der Waals surface area contributed by atoms with E-state index in [9.17, 15) is 23.3 Å². The summed E-state index contributed by atoms with van der Waals surface area (Å²) in [5.41, 5.74) is -1.24. The Balaban J connectivity index is 3.13. The van der Waals surface area contributed by atoms with Gasteiger partial charge in [0.2, 0.25) is 10.0 Å². The van der Waals surface area contributed by atoms with Crippen molar-refractivity contribution < 1.29 is 23.2 Å². The second-order valence-corrected chi connectivity index (χ2v) is 7.19. The van der Waals surface area contributed by atoms with Crippen LogP contribution in [0, 0.1) is 17.0 Å². The number of nitrogens with zero attached hydrogens (tertiary/aromatic N) is 1. The van der Waals surface area contributed by atoms with Crippen LogP contribution in [0.15, 0.2) is 23.1 Å². The maximum absolute atomic E-state index is 12.4. The first-order valence-electron chi connectivity index (χ1n) is 6.46. The lowest BCUT2D eigenvalue weighted by Gasteiger charge is -2.25. The quantitative estimate of drug-likeness (QED) is 0.580. The van der Waals surface area contributed by atoms with Gasteiger partial charge in [-0.2, -0.15) is 0 Å². The molecule has 0 saturated heterocycles. The Hall–Kier alpha value is -2.00. The number of hydrogen-bond acceptors (Lipinski definition) is 5. The normalized spacial score (nSPS) is 12.1. The summed E-state index contributed by atoms with van der Waals surface area (Å²) < 4.78 is 27.2. The summed E-state index contributed by atoms with van der Waals surface area (Å²) in [5.74, 6) is -1.03. The first kappa shape index (κ1) is 18.1. The molecule has 8 nitrogen and oxygen atoms in total. The number of carboxylic acid groups (broad SMARTS) is 1. The largest absolute Gasteiger partial charge is 0.481 e. The Morgan fingerprint density at radius 3 is 2.50 bits per heavy atom. The summed E-state index contributed by atoms with van der Waals surface area (Å²) in [7, 11) is -4.00. The third-order valence-electron chi connectivity index (χ3n) is 3.12. The van der Waals surface area contributed by atoms with Crippen LogP contribution in [-0.4, -0.2) is 30.0 Å². The molecule has 1 aromatic rings. The summed E-state index contributed by atoms with van der Waals surface area (Å²) in [4.78, 5) is 20.7. The number of hydrogen-bond donors (Lipinski definition) is 2. The van der Waals surface area contributed by atoms with E-state index in [0.717, 1.165) is 0 Å². The summed E-state index contributed by atoms with van der Waals surface area (Å²) in [5, 5.41) is 19.6. The Kier molecular flexibility index (Phi) is 5.26. The van der Waals surface area contributed by atoms with Gasteiger partial charge in [-0.05, 0) is 33.3 Å². The average Bonchev–Trinajstić information content (AvgIpc) is 2.35. The highest BCUT2D eigenvalue weighted by atomic mass is 32.2. The SMILES string of the molecule is Cc1c([N+](=O)[O-])cccc1S(=O)(=O)NC(C)(C)CCC(=O)O. The van der Waals surface area contributed by atoms with E-state index in [1.54, 1.807) is 13.8 Å². The van der Waals surface area contributed by atoms with E-state index >= 15 is 0 Å². The number of nitro groups is 1. The van der Waals surface area contributed by atoms with Gasteiger partial charge in [0.1, 0.15) is 0 Å². The molecule has 22 heavy (non-hydrogen) atoms. The van der Waals surface area contributed by atoms with Gasteiger partial charge < -0.3 is 5.11 Å². The van der Waals surface area contributed by atoms with Crippen LogP contribution in [0.3, 0.4) is 0 Å². The van der Waals surface area contributed by atoms with Gasteiger partial charge in [0.05, 0.1) is 9.82 Å². The predicted octanol–water partition coefficient (Wildman–Crippen LogP) is 1.82. The van der Waals surface area contributed by atoms with Crippen LogP contribution in [0.1, 0.15) is 32.3 Å². The monoisotopic (exact) mass is 330 g/mol. The van der Waals surface area contributed by atoms with Gasteiger partial charge >= 0.3 is 5.97 Å². The van der Waals surface area contributed by atoms with Gasteiger partial charge in [0.15, 0.2) is 0 Å². The van der Waals surface area contributed by atoms with Crippen molar-refractivity contribution in [3.63, 3.8) is 0 Å². The number of aliphatic carboxylic acids is 1. The molecule has 0 amide bonds. The van der Waals surface area contributed by atoms with Crippen LogP contribution in [0.5, 0.6) is 0 Å². The molecule has 0 atom stereocenters. The highest BCUT2D eigenvalue weighted by Crippen LogP contribution is 2.26. The molecule has 1 rings (SSSR count). The third kappa shape index (κ3) is 4.50. The molecule has 1 aromatic carbocycles. The van der Waals surface area contributed by atoms with Crippen molar-refractivity contribution in [1.82, 2.24) is 4.72 Å². The fourth-order valence-corrected chi connectivity index (χ4v) is 3.69. The molecule has 0 spiro atoms. The van der Waals surface area contributed by atoms with Gasteiger partial charge in [0.25, 0.3) is 5.69 Å². The number of rotatable bonds is 7. The molecule has 0 unspecified atom stereocenters. The summed E-state index contributed by atoms with van der Waals surface area (Å²) in [6.45, 7) is 4.47. The van der Waals surface area contributed by atoms with Gasteiger partial charge in [-0.25, -0.2) is 13.1 Å². The van der Waals surface area contributed by atoms with Crippen molar-refractivity contribution in [1.29, 1.82) is 0 Å². The molecule has 9 heteroatoms. The highest BCUT2D eigenvalue weighted by Gasteiger charge is 2.29. The molecule has 0 aliphatic carbocycles. The van der Waals surface area contributed by atoms with E-state index in [4.69, 9.17) is 5.11 Å². The van der Waals surface area contributed by atoms with Crippen LogP contribution >= 0.6 is 0 Å². The number of carboxylic acids is 1. The van der Waals surface area contributed by atoms with Crippen molar-refractivity contribution >= 4 is 21.7 Å². The molecule has 0 fully saturated rings. The minimum Gasteiger partial charge on any atom is -0.481 e. The molecule has 0 radical (unpaired) electrons. The number of benzene rings is 1. The lowest BCUT2D eigenvalue weighted by atomic mass is 10.0. The molecule has 0 aliphatic heterocycles. The standard InChI is InChI=1S/C13H18N2O6S/c1-9-10(15(18)19)5-4-6-11(9)22(20,21)14-13(2,3)8-7-12(16)17/h4-6,14H,7-8H2,1-3H3,(H,16,17). The van der Waals surface area contributed by atoms with Gasteiger partial charge in [-0.1, -0.05) is 6.07 Å². The maximum Gasteiger partial charge on any atom is 0.303 e. The topological polar surface area (TPSA) is 127 Å². The van der Waals surface area contributed by atoms with E-state index in [0.29, 0.717) is 0 Å². The highest BCUT2D eigenvalue weighted by molar-refractivity contribution is 7.89. The number of carbonyl (C=O) groups is 1. The zero-order valence-corrected chi connectivity index (χ0v) is 13.3. The summed E-state index contributed by atoms with van der Waals surface area (Å²) in [6, 6.07) is 3.80. The first-order valence-corrected chi connectivity index (χ1v) is 7.94. The van der Waals surface area contributed by atoms with Crippen LogP contribution < -0.4 is 4.72 Å². The smallest absolute Gasteiger partial charge is 0.303 e. The predicted molar refractivity (Wildman–Crippen MR) is 79.1 cm³/mol. The minimum absolute atomic E-state index is 0.0361. The first-order chi connectivity index (χ1) is 9.96. The van der Waals surface area contributed by atoms with E-state index in [1.165, 1.54) is 25.1 Å². The zero-order valence-electron chi connectivity index (χ0n) is 12.5. The number of sulfonamides is 1. The van der Waals surface area contributed by atoms with Crippen LogP contribution in [0.2, 0.25) is 0 Å². The second kappa shape index (κ2) is 6.41. The van der Waals surface area contributed by atoms with E-state index in [2.05, 4.69) is 4.72 Å². The Morgan fingerprint density at radius 2 is 2.00 bits per heavy atom.